The summed E-state index contributed by atoms with van der Waals surface area (Å²) in [5, 5.41) is 10.1. The van der Waals surface area contributed by atoms with Gasteiger partial charge in [0.15, 0.2) is 0 Å². The van der Waals surface area contributed by atoms with Crippen LogP contribution in [0.2, 0.25) is 0 Å². The van der Waals surface area contributed by atoms with E-state index in [4.69, 9.17) is 4.98 Å². The summed E-state index contributed by atoms with van der Waals surface area (Å²) in [6.07, 6.45) is 2.25. The van der Waals surface area contributed by atoms with Gasteiger partial charge in [-0.3, -0.25) is 0 Å². The molecule has 0 bridgehead atoms. The number of piperidine rings is 1. The number of nitrogens with zero attached hydrogens (tertiary/aromatic N) is 2. The van der Waals surface area contributed by atoms with Crippen LogP contribution in [0.5, 0.6) is 0 Å². The number of anilines is 1. The van der Waals surface area contributed by atoms with E-state index < -0.39 is 5.97 Å². The van der Waals surface area contributed by atoms with Crippen molar-refractivity contribution in [3.05, 3.63) is 59.9 Å². The van der Waals surface area contributed by atoms with Gasteiger partial charge in [-0.2, -0.15) is 0 Å². The molecule has 1 aromatic heterocycles. The highest BCUT2D eigenvalue weighted by atomic mass is 19.1. The zero-order valence-electron chi connectivity index (χ0n) is 16.1. The lowest BCUT2D eigenvalue weighted by Crippen LogP contribution is -2.40. The Balaban J connectivity index is 1.90. The van der Waals surface area contributed by atoms with Crippen molar-refractivity contribution < 1.29 is 14.3 Å². The van der Waals surface area contributed by atoms with Gasteiger partial charge in [-0.1, -0.05) is 13.8 Å². The van der Waals surface area contributed by atoms with Crippen LogP contribution >= 0.6 is 0 Å². The van der Waals surface area contributed by atoms with Crippen molar-refractivity contribution in [2.45, 2.75) is 26.7 Å². The molecular weight excluding hydrogens is 355 g/mol. The molecule has 1 fully saturated rings. The minimum absolute atomic E-state index is 0.191. The first-order valence-electron chi connectivity index (χ1n) is 9.51. The molecule has 0 radical (unpaired) electrons. The Morgan fingerprint density at radius 1 is 1.14 bits per heavy atom. The van der Waals surface area contributed by atoms with Crippen molar-refractivity contribution in [2.75, 3.05) is 18.0 Å². The van der Waals surface area contributed by atoms with E-state index in [0.29, 0.717) is 0 Å². The zero-order valence-corrected chi connectivity index (χ0v) is 16.1. The first kappa shape index (κ1) is 18.4. The molecule has 1 aliphatic rings. The van der Waals surface area contributed by atoms with Gasteiger partial charge in [0.1, 0.15) is 5.82 Å². The fourth-order valence-electron chi connectivity index (χ4n) is 3.99. The van der Waals surface area contributed by atoms with Crippen LogP contribution in [0.1, 0.15) is 37.0 Å². The van der Waals surface area contributed by atoms with Gasteiger partial charge in [-0.05, 0) is 66.8 Å². The van der Waals surface area contributed by atoms with Crippen LogP contribution in [-0.4, -0.2) is 29.1 Å². The van der Waals surface area contributed by atoms with Crippen LogP contribution in [0.15, 0.2) is 48.5 Å². The van der Waals surface area contributed by atoms with Gasteiger partial charge < -0.3 is 10.0 Å². The van der Waals surface area contributed by atoms with Gasteiger partial charge in [0.2, 0.25) is 0 Å². The van der Waals surface area contributed by atoms with E-state index >= 15 is 0 Å². The molecule has 0 spiro atoms. The van der Waals surface area contributed by atoms with E-state index in [0.717, 1.165) is 47.4 Å². The predicted molar refractivity (Wildman–Crippen MR) is 109 cm³/mol. The number of carbonyl (C=O) groups is 1. The van der Waals surface area contributed by atoms with Crippen molar-refractivity contribution >= 4 is 22.6 Å². The van der Waals surface area contributed by atoms with E-state index in [1.165, 1.54) is 18.6 Å². The van der Waals surface area contributed by atoms with Crippen molar-refractivity contribution in [2.24, 2.45) is 5.41 Å². The highest BCUT2D eigenvalue weighted by Gasteiger charge is 2.28. The summed E-state index contributed by atoms with van der Waals surface area (Å²) in [4.78, 5) is 18.5. The Morgan fingerprint density at radius 2 is 1.89 bits per heavy atom. The van der Waals surface area contributed by atoms with Crippen molar-refractivity contribution in [1.82, 2.24) is 4.98 Å². The first-order chi connectivity index (χ1) is 13.3. The largest absolute Gasteiger partial charge is 0.478 e. The van der Waals surface area contributed by atoms with Gasteiger partial charge in [0.05, 0.1) is 22.5 Å². The number of rotatable bonds is 3. The molecule has 1 N–H and O–H groups in total. The molecule has 0 saturated carbocycles. The first-order valence-corrected chi connectivity index (χ1v) is 9.51. The number of hydrogen-bond acceptors (Lipinski definition) is 3. The molecule has 0 unspecified atom stereocenters. The lowest BCUT2D eigenvalue weighted by atomic mass is 9.84. The normalized spacial score (nSPS) is 16.3. The van der Waals surface area contributed by atoms with Crippen molar-refractivity contribution in [3.63, 3.8) is 0 Å². The fraction of sp³-hybridized carbons (Fsp3) is 0.304. The smallest absolute Gasteiger partial charge is 0.335 e. The standard InChI is InChI=1S/C23H23FN2O2/c1-23(2)10-3-11-26(14-23)20-13-17-12-16(22(27)28)6-9-19(17)25-21(20)15-4-7-18(24)8-5-15/h4-9,12-13H,3,10-11,14H2,1-2H3,(H,27,28). The second-order valence-corrected chi connectivity index (χ2v) is 8.26. The van der Waals surface area contributed by atoms with Gasteiger partial charge in [0, 0.05) is 24.0 Å². The van der Waals surface area contributed by atoms with Crippen LogP contribution in [0.3, 0.4) is 0 Å². The summed E-state index contributed by atoms with van der Waals surface area (Å²) in [7, 11) is 0. The summed E-state index contributed by atoms with van der Waals surface area (Å²) < 4.78 is 13.4. The average molecular weight is 378 g/mol. The van der Waals surface area contributed by atoms with E-state index in [2.05, 4.69) is 18.7 Å². The van der Waals surface area contributed by atoms with E-state index in [-0.39, 0.29) is 16.8 Å². The molecular formula is C23H23FN2O2. The number of benzene rings is 2. The maximum absolute atomic E-state index is 13.4. The van der Waals surface area contributed by atoms with E-state index in [1.54, 1.807) is 30.3 Å². The maximum atomic E-state index is 13.4. The number of hydrogen-bond donors (Lipinski definition) is 1. The summed E-state index contributed by atoms with van der Waals surface area (Å²) >= 11 is 0. The third kappa shape index (κ3) is 3.57. The van der Waals surface area contributed by atoms with Crippen LogP contribution in [0, 0.1) is 11.2 Å². The quantitative estimate of drug-likeness (QED) is 0.666. The number of aromatic carboxylic acids is 1. The molecule has 144 valence electrons. The van der Waals surface area contributed by atoms with E-state index in [9.17, 15) is 14.3 Å². The third-order valence-electron chi connectivity index (χ3n) is 5.40. The Labute approximate surface area is 163 Å². The molecule has 0 amide bonds. The Hall–Kier alpha value is -2.95. The Kier molecular flexibility index (Phi) is 4.53. The SMILES string of the molecule is CC1(C)CCCN(c2cc3cc(C(=O)O)ccc3nc2-c2ccc(F)cc2)C1. The number of pyridine rings is 1. The average Bonchev–Trinajstić information content (AvgIpc) is 2.66. The maximum Gasteiger partial charge on any atom is 0.335 e. The minimum Gasteiger partial charge on any atom is -0.478 e. The van der Waals surface area contributed by atoms with Crippen LogP contribution in [0.4, 0.5) is 10.1 Å². The van der Waals surface area contributed by atoms with Crippen LogP contribution in [0.25, 0.3) is 22.2 Å². The molecule has 3 aromatic rings. The molecule has 4 nitrogen and oxygen atoms in total. The number of halogens is 1. The molecule has 1 aliphatic heterocycles. The highest BCUT2D eigenvalue weighted by Crippen LogP contribution is 2.38. The molecule has 1 saturated heterocycles. The Morgan fingerprint density at radius 3 is 2.57 bits per heavy atom. The predicted octanol–water partition coefficient (Wildman–Crippen LogP) is 5.37. The molecule has 0 aliphatic carbocycles. The zero-order chi connectivity index (χ0) is 19.9. The number of fused-ring (bicyclic) bond motifs is 1. The molecule has 5 heteroatoms. The van der Waals surface area contributed by atoms with Crippen molar-refractivity contribution in [3.8, 4) is 11.3 Å². The molecule has 4 rings (SSSR count). The molecule has 2 heterocycles. The number of aromatic nitrogens is 1. The summed E-state index contributed by atoms with van der Waals surface area (Å²) in [5.74, 6) is -1.23. The van der Waals surface area contributed by atoms with Crippen molar-refractivity contribution in [1.29, 1.82) is 0 Å². The topological polar surface area (TPSA) is 53.4 Å². The number of carboxylic acids is 1. The van der Waals surface area contributed by atoms with E-state index in [1.807, 2.05) is 6.07 Å². The summed E-state index contributed by atoms with van der Waals surface area (Å²) in [6, 6.07) is 13.4. The summed E-state index contributed by atoms with van der Waals surface area (Å²) in [6.45, 7) is 6.33. The second-order valence-electron chi connectivity index (χ2n) is 8.26. The molecule has 0 atom stereocenters. The fourth-order valence-corrected chi connectivity index (χ4v) is 3.99. The monoisotopic (exact) mass is 378 g/mol. The molecule has 2 aromatic carbocycles. The van der Waals surface area contributed by atoms with Gasteiger partial charge in [-0.15, -0.1) is 0 Å². The van der Waals surface area contributed by atoms with Gasteiger partial charge >= 0.3 is 5.97 Å². The lowest BCUT2D eigenvalue weighted by Gasteiger charge is -2.40. The minimum atomic E-state index is -0.954. The number of carboxylic acid groups (broad SMARTS) is 1. The second kappa shape index (κ2) is 6.89. The lowest BCUT2D eigenvalue weighted by molar-refractivity contribution is 0.0697. The Bertz CT molecular complexity index is 1040. The third-order valence-corrected chi connectivity index (χ3v) is 5.40. The van der Waals surface area contributed by atoms with Gasteiger partial charge in [-0.25, -0.2) is 14.2 Å². The highest BCUT2D eigenvalue weighted by molar-refractivity contribution is 5.96. The van der Waals surface area contributed by atoms with Crippen LogP contribution < -0.4 is 4.90 Å². The van der Waals surface area contributed by atoms with Gasteiger partial charge in [0.25, 0.3) is 0 Å². The molecule has 28 heavy (non-hydrogen) atoms. The van der Waals surface area contributed by atoms with Crippen LogP contribution in [-0.2, 0) is 0 Å². The summed E-state index contributed by atoms with van der Waals surface area (Å²) in [5.41, 5.74) is 3.78.